The number of hydrogen-bond donors (Lipinski definition) is 0. The summed E-state index contributed by atoms with van der Waals surface area (Å²) in [6.45, 7) is 10.1. The third-order valence-electron chi connectivity index (χ3n) is 3.97. The molecule has 0 saturated carbocycles. The molecule has 0 radical (unpaired) electrons. The van der Waals surface area contributed by atoms with Crippen molar-refractivity contribution in [2.75, 3.05) is 12.4 Å². The molecule has 2 atom stereocenters. The lowest BCUT2D eigenvalue weighted by atomic mass is 10.0. The molecule has 2 aliphatic heterocycles. The number of rotatable bonds is 4. The van der Waals surface area contributed by atoms with E-state index >= 15 is 0 Å². The summed E-state index contributed by atoms with van der Waals surface area (Å²) < 4.78 is 45.7. The zero-order valence-electron chi connectivity index (χ0n) is 18.5. The largest absolute Gasteiger partial charge is 0.509 e. The maximum Gasteiger partial charge on any atom is 0.509 e. The Bertz CT molecular complexity index is 936. The van der Waals surface area contributed by atoms with Gasteiger partial charge in [-0.2, -0.15) is 0 Å². The summed E-state index contributed by atoms with van der Waals surface area (Å²) in [6.07, 6.45) is -2.89. The number of sulfone groups is 1. The van der Waals surface area contributed by atoms with Crippen LogP contribution in [-0.4, -0.2) is 72.4 Å². The minimum atomic E-state index is -4.09. The third-order valence-corrected chi connectivity index (χ3v) is 5.91. The first-order valence-corrected chi connectivity index (χ1v) is 11.2. The zero-order valence-corrected chi connectivity index (χ0v) is 19.3. The van der Waals surface area contributed by atoms with Crippen LogP contribution >= 0.6 is 0 Å². The maximum atomic E-state index is 12.8. The van der Waals surface area contributed by atoms with E-state index in [0.29, 0.717) is 4.90 Å². The van der Waals surface area contributed by atoms with Crippen molar-refractivity contribution in [3.05, 3.63) is 11.3 Å². The van der Waals surface area contributed by atoms with Gasteiger partial charge in [-0.1, -0.05) is 0 Å². The van der Waals surface area contributed by atoms with Crippen LogP contribution in [0, 0.1) is 0 Å². The normalized spacial score (nSPS) is 22.8. The van der Waals surface area contributed by atoms with E-state index in [1.165, 1.54) is 0 Å². The molecule has 2 heterocycles. The monoisotopic (exact) mass is 461 g/mol. The minimum absolute atomic E-state index is 0.107. The molecule has 0 aliphatic carbocycles. The number of amides is 1. The van der Waals surface area contributed by atoms with E-state index in [9.17, 15) is 27.6 Å². The maximum absolute atomic E-state index is 12.8. The van der Waals surface area contributed by atoms with Gasteiger partial charge in [0, 0.05) is 12.5 Å². The number of nitrogens with zero attached hydrogens (tertiary/aromatic N) is 1. The van der Waals surface area contributed by atoms with Gasteiger partial charge in [0.25, 0.3) is 5.91 Å². The van der Waals surface area contributed by atoms with Gasteiger partial charge in [-0.3, -0.25) is 14.5 Å². The van der Waals surface area contributed by atoms with Gasteiger partial charge in [0.1, 0.15) is 23.5 Å². The predicted octanol–water partition coefficient (Wildman–Crippen LogP) is 1.06. The molecule has 2 rings (SSSR count). The molecule has 2 aliphatic rings. The first-order valence-electron chi connectivity index (χ1n) is 9.46. The van der Waals surface area contributed by atoms with Gasteiger partial charge in [-0.25, -0.2) is 18.0 Å². The van der Waals surface area contributed by atoms with Crippen LogP contribution in [0.25, 0.3) is 0 Å². The molecule has 0 aromatic carbocycles. The predicted molar refractivity (Wildman–Crippen MR) is 105 cm³/mol. The van der Waals surface area contributed by atoms with Crippen molar-refractivity contribution in [3.63, 3.8) is 0 Å². The van der Waals surface area contributed by atoms with E-state index in [0.717, 1.165) is 6.92 Å². The van der Waals surface area contributed by atoms with Gasteiger partial charge >= 0.3 is 18.1 Å². The third kappa shape index (κ3) is 5.75. The lowest BCUT2D eigenvalue weighted by Gasteiger charge is -2.48. The summed E-state index contributed by atoms with van der Waals surface area (Å²) in [5.74, 6) is -3.27. The van der Waals surface area contributed by atoms with Gasteiger partial charge in [0.05, 0.1) is 5.75 Å². The van der Waals surface area contributed by atoms with E-state index in [1.54, 1.807) is 41.5 Å². The van der Waals surface area contributed by atoms with E-state index < -0.39 is 68.9 Å². The van der Waals surface area contributed by atoms with Crippen LogP contribution in [0.1, 0.15) is 48.5 Å². The SMILES string of the molecule is CC(=O)OCC1=C(C(=O)OC(C)(C)C)N2C(=O)[C@@H](OC(=O)OC(C)(C)C)[C@H]2S(=O)(=O)C1. The quantitative estimate of drug-likeness (QED) is 0.339. The highest BCUT2D eigenvalue weighted by molar-refractivity contribution is 7.92. The molecule has 0 spiro atoms. The fourth-order valence-electron chi connectivity index (χ4n) is 2.95. The second-order valence-corrected chi connectivity index (χ2v) is 11.2. The molecular formula is C19H27NO10S. The topological polar surface area (TPSA) is 143 Å². The molecule has 0 aromatic heterocycles. The van der Waals surface area contributed by atoms with Crippen LogP contribution in [0.5, 0.6) is 0 Å². The summed E-state index contributed by atoms with van der Waals surface area (Å²) in [5, 5.41) is -1.61. The fourth-order valence-corrected chi connectivity index (χ4v) is 4.90. The van der Waals surface area contributed by atoms with Crippen molar-refractivity contribution >= 4 is 33.8 Å². The Labute approximate surface area is 180 Å². The summed E-state index contributed by atoms with van der Waals surface area (Å²) in [5.41, 5.74) is -2.31. The zero-order chi connectivity index (χ0) is 23.9. The first kappa shape index (κ1) is 24.6. The van der Waals surface area contributed by atoms with Gasteiger partial charge in [-0.15, -0.1) is 0 Å². The average Bonchev–Trinajstić information content (AvgIpc) is 2.53. The number of hydrogen-bond acceptors (Lipinski definition) is 10. The standard InChI is InChI=1S/C19H27NO10S/c1-10(21)27-8-11-9-31(25,26)15-13(28-17(24)30-19(5,6)7)14(22)20(15)12(11)16(23)29-18(2,3)4/h13,15H,8-9H2,1-7H3/t13-,15-/m1/s1. The molecule has 12 heteroatoms. The lowest BCUT2D eigenvalue weighted by molar-refractivity contribution is -0.167. The molecule has 1 fully saturated rings. The van der Waals surface area contributed by atoms with Crippen LogP contribution in [0.4, 0.5) is 4.79 Å². The van der Waals surface area contributed by atoms with Crippen molar-refractivity contribution in [2.24, 2.45) is 0 Å². The van der Waals surface area contributed by atoms with Crippen LogP contribution in [0.3, 0.4) is 0 Å². The molecule has 0 bridgehead atoms. The van der Waals surface area contributed by atoms with E-state index in [1.807, 2.05) is 0 Å². The Kier molecular flexibility index (Phi) is 6.47. The van der Waals surface area contributed by atoms with Crippen molar-refractivity contribution in [3.8, 4) is 0 Å². The molecular weight excluding hydrogens is 434 g/mol. The second-order valence-electron chi connectivity index (χ2n) is 9.14. The molecule has 174 valence electrons. The Hall–Kier alpha value is -2.63. The number of β-lactam (4-membered cyclic amide) rings is 1. The average molecular weight is 461 g/mol. The number of carbonyl (C=O) groups is 4. The summed E-state index contributed by atoms with van der Waals surface area (Å²) in [6, 6.07) is 0. The molecule has 1 saturated heterocycles. The number of carbonyl (C=O) groups excluding carboxylic acids is 4. The highest BCUT2D eigenvalue weighted by Crippen LogP contribution is 2.39. The number of esters is 2. The molecule has 11 nitrogen and oxygen atoms in total. The Balaban J connectivity index is 2.41. The van der Waals surface area contributed by atoms with Crippen LogP contribution in [0.15, 0.2) is 11.3 Å². The van der Waals surface area contributed by atoms with Gasteiger partial charge < -0.3 is 18.9 Å². The number of ether oxygens (including phenoxy) is 4. The Morgan fingerprint density at radius 1 is 1.03 bits per heavy atom. The fraction of sp³-hybridized carbons (Fsp3) is 0.684. The van der Waals surface area contributed by atoms with Crippen molar-refractivity contribution in [1.29, 1.82) is 0 Å². The lowest BCUT2D eigenvalue weighted by Crippen LogP contribution is -2.71. The Morgan fingerprint density at radius 3 is 2.06 bits per heavy atom. The van der Waals surface area contributed by atoms with Gasteiger partial charge in [-0.05, 0) is 41.5 Å². The molecule has 0 aromatic rings. The van der Waals surface area contributed by atoms with Crippen molar-refractivity contribution in [2.45, 2.75) is 71.1 Å². The Morgan fingerprint density at radius 2 is 1.58 bits per heavy atom. The van der Waals surface area contributed by atoms with Gasteiger partial charge in [0.15, 0.2) is 15.2 Å². The van der Waals surface area contributed by atoms with E-state index in [2.05, 4.69) is 0 Å². The minimum Gasteiger partial charge on any atom is -0.461 e. The first-order chi connectivity index (χ1) is 13.9. The highest BCUT2D eigenvalue weighted by atomic mass is 32.2. The summed E-state index contributed by atoms with van der Waals surface area (Å²) >= 11 is 0. The second kappa shape index (κ2) is 8.13. The van der Waals surface area contributed by atoms with Gasteiger partial charge in [0.2, 0.25) is 6.10 Å². The summed E-state index contributed by atoms with van der Waals surface area (Å²) in [7, 11) is -4.09. The molecule has 0 N–H and O–H groups in total. The van der Waals surface area contributed by atoms with E-state index in [4.69, 9.17) is 18.9 Å². The van der Waals surface area contributed by atoms with Crippen LogP contribution in [0.2, 0.25) is 0 Å². The smallest absolute Gasteiger partial charge is 0.461 e. The van der Waals surface area contributed by atoms with Crippen LogP contribution in [-0.2, 0) is 43.2 Å². The van der Waals surface area contributed by atoms with Crippen molar-refractivity contribution in [1.82, 2.24) is 4.90 Å². The number of fused-ring (bicyclic) bond motifs is 1. The van der Waals surface area contributed by atoms with Crippen molar-refractivity contribution < 1.29 is 46.5 Å². The van der Waals surface area contributed by atoms with E-state index in [-0.39, 0.29) is 11.3 Å². The van der Waals surface area contributed by atoms with Crippen LogP contribution < -0.4 is 0 Å². The molecule has 1 amide bonds. The molecule has 0 unspecified atom stereocenters. The molecule has 31 heavy (non-hydrogen) atoms. The summed E-state index contributed by atoms with van der Waals surface area (Å²) in [4.78, 5) is 49.4. The highest BCUT2D eigenvalue weighted by Gasteiger charge is 2.62.